The van der Waals surface area contributed by atoms with Crippen molar-refractivity contribution in [2.24, 2.45) is 0 Å². The van der Waals surface area contributed by atoms with Crippen molar-refractivity contribution < 1.29 is 18.0 Å². The van der Waals surface area contributed by atoms with E-state index in [0.717, 1.165) is 0 Å². The lowest BCUT2D eigenvalue weighted by molar-refractivity contribution is -0.145. The normalized spacial score (nSPS) is 24.3. The maximum atomic E-state index is 12.2. The van der Waals surface area contributed by atoms with E-state index in [-0.39, 0.29) is 11.9 Å². The molecule has 0 saturated carbocycles. The highest BCUT2D eigenvalue weighted by atomic mass is 19.4. The molecule has 0 aromatic rings. The molecular formula is C10H17F3N2O. The fraction of sp³-hybridized carbons (Fsp3) is 0.900. The quantitative estimate of drug-likeness (QED) is 0.691. The Bertz CT molecular complexity index is 255. The third kappa shape index (κ3) is 4.00. The van der Waals surface area contributed by atoms with Gasteiger partial charge in [-0.05, 0) is 13.3 Å². The zero-order valence-electron chi connectivity index (χ0n) is 9.55. The minimum absolute atomic E-state index is 0.0238. The predicted molar refractivity (Wildman–Crippen MR) is 54.0 cm³/mol. The molecule has 1 atom stereocenters. The third-order valence-corrected chi connectivity index (χ3v) is 2.86. The number of hydrogen-bond acceptors (Lipinski definition) is 2. The SMILES string of the molecule is CC(=O)N1CCN(CC(F)(F)F)CCC1C. The van der Waals surface area contributed by atoms with Gasteiger partial charge in [0.1, 0.15) is 0 Å². The summed E-state index contributed by atoms with van der Waals surface area (Å²) in [5, 5.41) is 0. The van der Waals surface area contributed by atoms with Crippen molar-refractivity contribution in [3.05, 3.63) is 0 Å². The molecule has 0 spiro atoms. The highest BCUT2D eigenvalue weighted by Gasteiger charge is 2.32. The molecule has 3 nitrogen and oxygen atoms in total. The molecule has 0 N–H and O–H groups in total. The first kappa shape index (κ1) is 13.3. The highest BCUT2D eigenvalue weighted by molar-refractivity contribution is 5.73. The Hall–Kier alpha value is -0.780. The minimum Gasteiger partial charge on any atom is -0.339 e. The Kier molecular flexibility index (Phi) is 4.18. The maximum absolute atomic E-state index is 12.2. The topological polar surface area (TPSA) is 23.6 Å². The lowest BCUT2D eigenvalue weighted by atomic mass is 10.2. The standard InChI is InChI=1S/C10H17F3N2O/c1-8-3-4-14(7-10(11,12)13)5-6-15(8)9(2)16/h8H,3-7H2,1-2H3. The van der Waals surface area contributed by atoms with Gasteiger partial charge in [0.05, 0.1) is 6.54 Å². The van der Waals surface area contributed by atoms with Crippen molar-refractivity contribution in [3.8, 4) is 0 Å². The highest BCUT2D eigenvalue weighted by Crippen LogP contribution is 2.19. The Labute approximate surface area is 93.2 Å². The van der Waals surface area contributed by atoms with Crippen LogP contribution in [0.1, 0.15) is 20.3 Å². The molecule has 0 radical (unpaired) electrons. The third-order valence-electron chi connectivity index (χ3n) is 2.86. The summed E-state index contributed by atoms with van der Waals surface area (Å²) in [6.07, 6.45) is -3.57. The van der Waals surface area contributed by atoms with Crippen LogP contribution in [0.15, 0.2) is 0 Å². The van der Waals surface area contributed by atoms with Crippen LogP contribution in [0.5, 0.6) is 0 Å². The summed E-state index contributed by atoms with van der Waals surface area (Å²) in [5.41, 5.74) is 0. The number of nitrogens with zero attached hydrogens (tertiary/aromatic N) is 2. The van der Waals surface area contributed by atoms with Gasteiger partial charge in [0.15, 0.2) is 0 Å². The number of carbonyl (C=O) groups is 1. The number of halogens is 3. The number of hydrogen-bond donors (Lipinski definition) is 0. The number of amides is 1. The van der Waals surface area contributed by atoms with Gasteiger partial charge in [0, 0.05) is 32.6 Å². The van der Waals surface area contributed by atoms with Gasteiger partial charge in [-0.1, -0.05) is 0 Å². The lowest BCUT2D eigenvalue weighted by Gasteiger charge is -2.25. The summed E-state index contributed by atoms with van der Waals surface area (Å²) in [6.45, 7) is 3.51. The van der Waals surface area contributed by atoms with Crippen molar-refractivity contribution in [2.75, 3.05) is 26.2 Å². The van der Waals surface area contributed by atoms with Crippen molar-refractivity contribution >= 4 is 5.91 Å². The van der Waals surface area contributed by atoms with Crippen LogP contribution in [0, 0.1) is 0 Å². The first-order chi connectivity index (χ1) is 7.29. The summed E-state index contributed by atoms with van der Waals surface area (Å²) in [6, 6.07) is 0.0238. The summed E-state index contributed by atoms with van der Waals surface area (Å²) in [4.78, 5) is 14.2. The summed E-state index contributed by atoms with van der Waals surface area (Å²) >= 11 is 0. The van der Waals surface area contributed by atoms with Crippen LogP contribution >= 0.6 is 0 Å². The van der Waals surface area contributed by atoms with Gasteiger partial charge < -0.3 is 4.90 Å². The second-order valence-electron chi connectivity index (χ2n) is 4.24. The molecule has 6 heteroatoms. The molecule has 1 aliphatic heterocycles. The number of alkyl halides is 3. The maximum Gasteiger partial charge on any atom is 0.401 e. The smallest absolute Gasteiger partial charge is 0.339 e. The Morgan fingerprint density at radius 3 is 2.44 bits per heavy atom. The second-order valence-corrected chi connectivity index (χ2v) is 4.24. The van der Waals surface area contributed by atoms with Crippen LogP contribution in [0.4, 0.5) is 13.2 Å². The summed E-state index contributed by atoms with van der Waals surface area (Å²) < 4.78 is 36.6. The van der Waals surface area contributed by atoms with E-state index in [9.17, 15) is 18.0 Å². The van der Waals surface area contributed by atoms with E-state index >= 15 is 0 Å². The summed E-state index contributed by atoms with van der Waals surface area (Å²) in [5.74, 6) is -0.0682. The van der Waals surface area contributed by atoms with Gasteiger partial charge in [-0.25, -0.2) is 0 Å². The fourth-order valence-electron chi connectivity index (χ4n) is 1.99. The van der Waals surface area contributed by atoms with Gasteiger partial charge in [0.2, 0.25) is 5.91 Å². The molecule has 1 amide bonds. The predicted octanol–water partition coefficient (Wildman–Crippen LogP) is 1.49. The molecule has 1 heterocycles. The van der Waals surface area contributed by atoms with Gasteiger partial charge in [-0.2, -0.15) is 13.2 Å². The lowest BCUT2D eigenvalue weighted by Crippen LogP contribution is -2.39. The molecule has 94 valence electrons. The molecule has 0 bridgehead atoms. The van der Waals surface area contributed by atoms with Crippen LogP contribution in [-0.2, 0) is 4.79 Å². The van der Waals surface area contributed by atoms with Crippen molar-refractivity contribution in [1.29, 1.82) is 0 Å². The first-order valence-corrected chi connectivity index (χ1v) is 5.36. The van der Waals surface area contributed by atoms with E-state index in [4.69, 9.17) is 0 Å². The van der Waals surface area contributed by atoms with E-state index in [1.54, 1.807) is 4.90 Å². The second kappa shape index (κ2) is 5.03. The van der Waals surface area contributed by atoms with E-state index in [1.807, 2.05) is 6.92 Å². The molecule has 1 saturated heterocycles. The van der Waals surface area contributed by atoms with E-state index in [0.29, 0.717) is 26.1 Å². The Balaban J connectivity index is 2.54. The largest absolute Gasteiger partial charge is 0.401 e. The molecule has 16 heavy (non-hydrogen) atoms. The van der Waals surface area contributed by atoms with Crippen LogP contribution in [0.3, 0.4) is 0 Å². The monoisotopic (exact) mass is 238 g/mol. The number of carbonyl (C=O) groups excluding carboxylic acids is 1. The van der Waals surface area contributed by atoms with Crippen LogP contribution in [-0.4, -0.2) is 54.1 Å². The Morgan fingerprint density at radius 1 is 1.31 bits per heavy atom. The molecule has 0 aromatic heterocycles. The molecular weight excluding hydrogens is 221 g/mol. The molecule has 1 fully saturated rings. The van der Waals surface area contributed by atoms with Gasteiger partial charge in [-0.15, -0.1) is 0 Å². The zero-order chi connectivity index (χ0) is 12.3. The number of rotatable bonds is 1. The molecule has 1 aliphatic rings. The van der Waals surface area contributed by atoms with Crippen LogP contribution in [0.25, 0.3) is 0 Å². The van der Waals surface area contributed by atoms with Gasteiger partial charge in [-0.3, -0.25) is 9.69 Å². The van der Waals surface area contributed by atoms with E-state index in [2.05, 4.69) is 0 Å². The van der Waals surface area contributed by atoms with Crippen molar-refractivity contribution in [2.45, 2.75) is 32.5 Å². The van der Waals surface area contributed by atoms with Crippen molar-refractivity contribution in [3.63, 3.8) is 0 Å². The molecule has 0 aromatic carbocycles. The minimum atomic E-state index is -4.16. The van der Waals surface area contributed by atoms with Gasteiger partial charge >= 0.3 is 6.18 Å². The summed E-state index contributed by atoms with van der Waals surface area (Å²) in [7, 11) is 0. The van der Waals surface area contributed by atoms with Gasteiger partial charge in [0.25, 0.3) is 0 Å². The molecule has 1 rings (SSSR count). The Morgan fingerprint density at radius 2 is 1.94 bits per heavy atom. The molecule has 0 aliphatic carbocycles. The van der Waals surface area contributed by atoms with E-state index in [1.165, 1.54) is 11.8 Å². The first-order valence-electron chi connectivity index (χ1n) is 5.36. The van der Waals surface area contributed by atoms with Crippen molar-refractivity contribution in [1.82, 2.24) is 9.80 Å². The van der Waals surface area contributed by atoms with Crippen LogP contribution < -0.4 is 0 Å². The fourth-order valence-corrected chi connectivity index (χ4v) is 1.99. The average Bonchev–Trinajstić information content (AvgIpc) is 2.26. The van der Waals surface area contributed by atoms with E-state index < -0.39 is 12.7 Å². The van der Waals surface area contributed by atoms with Crippen LogP contribution in [0.2, 0.25) is 0 Å². The average molecular weight is 238 g/mol. The molecule has 1 unspecified atom stereocenters. The zero-order valence-corrected chi connectivity index (χ0v) is 9.55.